The van der Waals surface area contributed by atoms with Gasteiger partial charge in [0.2, 0.25) is 0 Å². The lowest BCUT2D eigenvalue weighted by Gasteiger charge is -2.07. The van der Waals surface area contributed by atoms with Gasteiger partial charge in [-0.05, 0) is 12.8 Å². The van der Waals surface area contributed by atoms with Crippen molar-refractivity contribution in [2.45, 2.75) is 58.3 Å². The molecule has 0 aliphatic carbocycles. The zero-order chi connectivity index (χ0) is 18.7. The Labute approximate surface area is 163 Å². The number of benzene rings is 1. The lowest BCUT2D eigenvalue weighted by molar-refractivity contribution is -0.144. The van der Waals surface area contributed by atoms with Gasteiger partial charge in [0, 0.05) is 25.0 Å². The summed E-state index contributed by atoms with van der Waals surface area (Å²) in [7, 11) is 0. The summed E-state index contributed by atoms with van der Waals surface area (Å²) in [5.74, 6) is -0.540. The number of carbonyl (C=O) groups excluding carboxylic acids is 2. The molecule has 0 bridgehead atoms. The standard InChI is InChI=1S/C18H23Cl3O4/c1-2-3-4-5-6-10-24-16(22)8-7-9-17(23)25-13-11-14(19)18(21)15(20)12-13/h11-12H,2-10H2,1H3. The molecule has 0 atom stereocenters. The minimum Gasteiger partial charge on any atom is -0.466 e. The fourth-order valence-corrected chi connectivity index (χ4v) is 2.69. The molecule has 1 aromatic carbocycles. The summed E-state index contributed by atoms with van der Waals surface area (Å²) >= 11 is 17.6. The van der Waals surface area contributed by atoms with Gasteiger partial charge in [-0.15, -0.1) is 0 Å². The topological polar surface area (TPSA) is 52.6 Å². The molecule has 0 saturated carbocycles. The first kappa shape index (κ1) is 22.1. The largest absolute Gasteiger partial charge is 0.466 e. The minimum atomic E-state index is -0.471. The van der Waals surface area contributed by atoms with Crippen molar-refractivity contribution in [2.24, 2.45) is 0 Å². The molecule has 25 heavy (non-hydrogen) atoms. The Morgan fingerprint density at radius 2 is 1.48 bits per heavy atom. The lowest BCUT2D eigenvalue weighted by Crippen LogP contribution is -2.10. The fourth-order valence-electron chi connectivity index (χ4n) is 2.11. The Bertz CT molecular complexity index is 552. The Morgan fingerprint density at radius 1 is 0.880 bits per heavy atom. The zero-order valence-electron chi connectivity index (χ0n) is 14.3. The molecule has 7 heteroatoms. The summed E-state index contributed by atoms with van der Waals surface area (Å²) in [6.45, 7) is 2.59. The van der Waals surface area contributed by atoms with Crippen molar-refractivity contribution in [2.75, 3.05) is 6.61 Å². The number of ether oxygens (including phenoxy) is 2. The maximum absolute atomic E-state index is 11.8. The van der Waals surface area contributed by atoms with Crippen LogP contribution in [0.5, 0.6) is 5.75 Å². The summed E-state index contributed by atoms with van der Waals surface area (Å²) in [5, 5.41) is 0.625. The second-order valence-corrected chi connectivity index (χ2v) is 6.86. The van der Waals surface area contributed by atoms with E-state index in [1.165, 1.54) is 31.4 Å². The highest BCUT2D eigenvalue weighted by atomic mass is 35.5. The molecule has 4 nitrogen and oxygen atoms in total. The lowest BCUT2D eigenvalue weighted by atomic mass is 10.2. The van der Waals surface area contributed by atoms with Crippen molar-refractivity contribution in [3.05, 3.63) is 27.2 Å². The Hall–Kier alpha value is -0.970. The molecule has 0 saturated heterocycles. The van der Waals surface area contributed by atoms with E-state index in [1.807, 2.05) is 0 Å². The molecule has 0 aromatic heterocycles. The van der Waals surface area contributed by atoms with Gasteiger partial charge in [-0.1, -0.05) is 67.4 Å². The number of rotatable bonds is 11. The van der Waals surface area contributed by atoms with Gasteiger partial charge in [0.1, 0.15) is 5.75 Å². The predicted molar refractivity (Wildman–Crippen MR) is 101 cm³/mol. The third kappa shape index (κ3) is 9.34. The SMILES string of the molecule is CCCCCCCOC(=O)CCCC(=O)Oc1cc(Cl)c(Cl)c(Cl)c1. The van der Waals surface area contributed by atoms with Crippen LogP contribution in [0.2, 0.25) is 15.1 Å². The summed E-state index contributed by atoms with van der Waals surface area (Å²) in [6, 6.07) is 2.83. The molecule has 0 fully saturated rings. The van der Waals surface area contributed by atoms with E-state index in [4.69, 9.17) is 44.3 Å². The molecule has 0 heterocycles. The molecule has 0 N–H and O–H groups in total. The van der Waals surface area contributed by atoms with Crippen LogP contribution in [0.4, 0.5) is 0 Å². The molecule has 0 radical (unpaired) electrons. The number of hydrogen-bond acceptors (Lipinski definition) is 4. The summed E-state index contributed by atoms with van der Waals surface area (Å²) in [6.07, 6.45) is 6.16. The van der Waals surface area contributed by atoms with Crippen LogP contribution in [0.25, 0.3) is 0 Å². The fraction of sp³-hybridized carbons (Fsp3) is 0.556. The van der Waals surface area contributed by atoms with Gasteiger partial charge in [-0.2, -0.15) is 0 Å². The highest BCUT2D eigenvalue weighted by Crippen LogP contribution is 2.34. The van der Waals surface area contributed by atoms with Crippen molar-refractivity contribution in [3.63, 3.8) is 0 Å². The Morgan fingerprint density at radius 3 is 2.12 bits per heavy atom. The smallest absolute Gasteiger partial charge is 0.311 e. The van der Waals surface area contributed by atoms with Gasteiger partial charge < -0.3 is 9.47 Å². The predicted octanol–water partition coefficient (Wildman–Crippen LogP) is 6.24. The number of esters is 2. The van der Waals surface area contributed by atoms with Crippen LogP contribution < -0.4 is 4.74 Å². The van der Waals surface area contributed by atoms with E-state index in [1.54, 1.807) is 0 Å². The first-order valence-corrected chi connectivity index (χ1v) is 9.58. The zero-order valence-corrected chi connectivity index (χ0v) is 16.6. The van der Waals surface area contributed by atoms with Crippen LogP contribution in [0.3, 0.4) is 0 Å². The molecule has 1 rings (SSSR count). The van der Waals surface area contributed by atoms with Crippen molar-refractivity contribution in [1.29, 1.82) is 0 Å². The first-order valence-electron chi connectivity index (χ1n) is 8.45. The highest BCUT2D eigenvalue weighted by Gasteiger charge is 2.11. The van der Waals surface area contributed by atoms with Crippen LogP contribution >= 0.6 is 34.8 Å². The quantitative estimate of drug-likeness (QED) is 0.188. The van der Waals surface area contributed by atoms with Crippen LogP contribution in [-0.4, -0.2) is 18.5 Å². The molecule has 140 valence electrons. The number of hydrogen-bond donors (Lipinski definition) is 0. The summed E-state index contributed by atoms with van der Waals surface area (Å²) < 4.78 is 10.3. The summed E-state index contributed by atoms with van der Waals surface area (Å²) in [5.41, 5.74) is 0. The third-order valence-electron chi connectivity index (χ3n) is 3.46. The van der Waals surface area contributed by atoms with E-state index >= 15 is 0 Å². The van der Waals surface area contributed by atoms with Crippen molar-refractivity contribution in [1.82, 2.24) is 0 Å². The van der Waals surface area contributed by atoms with E-state index in [0.717, 1.165) is 12.8 Å². The molecule has 0 spiro atoms. The van der Waals surface area contributed by atoms with Gasteiger partial charge in [0.05, 0.1) is 21.7 Å². The molecule has 0 aliphatic heterocycles. The van der Waals surface area contributed by atoms with Crippen molar-refractivity contribution < 1.29 is 19.1 Å². The van der Waals surface area contributed by atoms with E-state index in [2.05, 4.69) is 6.92 Å². The van der Waals surface area contributed by atoms with E-state index in [9.17, 15) is 9.59 Å². The minimum absolute atomic E-state index is 0.101. The van der Waals surface area contributed by atoms with Crippen LogP contribution in [0.15, 0.2) is 12.1 Å². The second-order valence-electron chi connectivity index (χ2n) is 5.66. The van der Waals surface area contributed by atoms with Gasteiger partial charge in [0.25, 0.3) is 0 Å². The number of unbranched alkanes of at least 4 members (excludes halogenated alkanes) is 4. The average Bonchev–Trinajstić information content (AvgIpc) is 2.55. The number of carbonyl (C=O) groups is 2. The molecule has 0 amide bonds. The average molecular weight is 410 g/mol. The van der Waals surface area contributed by atoms with Crippen LogP contribution in [0.1, 0.15) is 58.3 Å². The first-order chi connectivity index (χ1) is 11.9. The normalized spacial score (nSPS) is 10.6. The third-order valence-corrected chi connectivity index (χ3v) is 4.66. The Balaban J connectivity index is 2.19. The van der Waals surface area contributed by atoms with Gasteiger partial charge in [-0.25, -0.2) is 0 Å². The van der Waals surface area contributed by atoms with Crippen molar-refractivity contribution in [3.8, 4) is 5.75 Å². The van der Waals surface area contributed by atoms with Gasteiger partial charge >= 0.3 is 11.9 Å². The maximum Gasteiger partial charge on any atom is 0.311 e. The maximum atomic E-state index is 11.8. The highest BCUT2D eigenvalue weighted by molar-refractivity contribution is 6.48. The Kier molecular flexibility index (Phi) is 10.9. The summed E-state index contributed by atoms with van der Waals surface area (Å²) in [4.78, 5) is 23.3. The van der Waals surface area contributed by atoms with Crippen LogP contribution in [0, 0.1) is 0 Å². The molecule has 0 unspecified atom stereocenters. The van der Waals surface area contributed by atoms with Gasteiger partial charge in [-0.3, -0.25) is 9.59 Å². The van der Waals surface area contributed by atoms with Gasteiger partial charge in [0.15, 0.2) is 0 Å². The van der Waals surface area contributed by atoms with E-state index < -0.39 is 5.97 Å². The molecular formula is C18H23Cl3O4. The van der Waals surface area contributed by atoms with E-state index in [-0.39, 0.29) is 39.6 Å². The molecule has 0 aliphatic rings. The monoisotopic (exact) mass is 408 g/mol. The van der Waals surface area contributed by atoms with Crippen LogP contribution in [-0.2, 0) is 14.3 Å². The molecular weight excluding hydrogens is 387 g/mol. The van der Waals surface area contributed by atoms with E-state index in [0.29, 0.717) is 13.0 Å². The van der Waals surface area contributed by atoms with Crippen molar-refractivity contribution >= 4 is 46.7 Å². The molecule has 1 aromatic rings. The second kappa shape index (κ2) is 12.4. The number of halogens is 3.